The summed E-state index contributed by atoms with van der Waals surface area (Å²) in [5, 5.41) is 12.0. The number of ether oxygens (including phenoxy) is 2. The number of nitro benzene ring substituents is 1. The summed E-state index contributed by atoms with van der Waals surface area (Å²) in [5.74, 6) is 0.542. The molecule has 2 aliphatic heterocycles. The number of morpholine rings is 1. The van der Waals surface area contributed by atoms with Gasteiger partial charge in [0.25, 0.3) is 5.69 Å². The van der Waals surface area contributed by atoms with E-state index in [1.54, 1.807) is 23.2 Å². The molecule has 0 radical (unpaired) electrons. The van der Waals surface area contributed by atoms with Gasteiger partial charge in [0.15, 0.2) is 0 Å². The standard InChI is InChI=1S/C15H17ClN4O4/c1-23-14-9-11(18-4-6-24-7-5-18)12(20(21)22)8-13(14)19-3-2-15(16)17-10-19/h2-3,8-9H,4-7,10H2,1H3. The van der Waals surface area contributed by atoms with Gasteiger partial charge < -0.3 is 19.3 Å². The monoisotopic (exact) mass is 352 g/mol. The van der Waals surface area contributed by atoms with Crippen LogP contribution >= 0.6 is 11.6 Å². The van der Waals surface area contributed by atoms with Crippen molar-refractivity contribution in [1.29, 1.82) is 0 Å². The molecule has 0 unspecified atom stereocenters. The van der Waals surface area contributed by atoms with Crippen LogP contribution in [0.15, 0.2) is 29.4 Å². The summed E-state index contributed by atoms with van der Waals surface area (Å²) >= 11 is 5.83. The number of rotatable bonds is 4. The van der Waals surface area contributed by atoms with Crippen LogP contribution < -0.4 is 14.5 Å². The Labute approximate surface area is 144 Å². The average molecular weight is 353 g/mol. The molecule has 0 aromatic heterocycles. The van der Waals surface area contributed by atoms with Gasteiger partial charge in [-0.25, -0.2) is 0 Å². The largest absolute Gasteiger partial charge is 0.494 e. The van der Waals surface area contributed by atoms with Crippen molar-refractivity contribution in [2.75, 3.05) is 49.9 Å². The van der Waals surface area contributed by atoms with E-state index in [2.05, 4.69) is 4.99 Å². The molecule has 128 valence electrons. The van der Waals surface area contributed by atoms with Gasteiger partial charge in [0.2, 0.25) is 0 Å². The predicted octanol–water partition coefficient (Wildman–Crippen LogP) is 2.37. The number of anilines is 2. The van der Waals surface area contributed by atoms with Gasteiger partial charge in [-0.1, -0.05) is 11.6 Å². The van der Waals surface area contributed by atoms with E-state index in [4.69, 9.17) is 21.1 Å². The molecule has 24 heavy (non-hydrogen) atoms. The van der Waals surface area contributed by atoms with Crippen molar-refractivity contribution in [2.24, 2.45) is 4.99 Å². The van der Waals surface area contributed by atoms with Gasteiger partial charge in [0, 0.05) is 31.4 Å². The fourth-order valence-corrected chi connectivity index (χ4v) is 2.80. The molecule has 0 N–H and O–H groups in total. The second kappa shape index (κ2) is 7.06. The quantitative estimate of drug-likeness (QED) is 0.611. The normalized spacial score (nSPS) is 17.7. The van der Waals surface area contributed by atoms with Gasteiger partial charge in [-0.15, -0.1) is 0 Å². The number of allylic oxidation sites excluding steroid dienone is 1. The molecule has 1 aromatic carbocycles. The molecular formula is C15H17ClN4O4. The van der Waals surface area contributed by atoms with Crippen LogP contribution in [-0.4, -0.2) is 50.2 Å². The van der Waals surface area contributed by atoms with Crippen molar-refractivity contribution < 1.29 is 14.4 Å². The average Bonchev–Trinajstić information content (AvgIpc) is 2.62. The molecule has 0 saturated carbocycles. The number of hydrogen-bond acceptors (Lipinski definition) is 7. The second-order valence-electron chi connectivity index (χ2n) is 5.28. The van der Waals surface area contributed by atoms with Crippen LogP contribution in [0.2, 0.25) is 0 Å². The van der Waals surface area contributed by atoms with E-state index in [9.17, 15) is 10.1 Å². The Morgan fingerprint density at radius 1 is 1.33 bits per heavy atom. The van der Waals surface area contributed by atoms with E-state index < -0.39 is 0 Å². The lowest BCUT2D eigenvalue weighted by Gasteiger charge is -2.30. The van der Waals surface area contributed by atoms with Crippen LogP contribution in [0.3, 0.4) is 0 Å². The first-order chi connectivity index (χ1) is 11.6. The van der Waals surface area contributed by atoms with Crippen LogP contribution in [0.4, 0.5) is 17.1 Å². The molecule has 9 heteroatoms. The molecule has 0 spiro atoms. The Morgan fingerprint density at radius 2 is 2.08 bits per heavy atom. The Hall–Kier alpha value is -2.32. The van der Waals surface area contributed by atoms with E-state index in [1.165, 1.54) is 13.2 Å². The first-order valence-electron chi connectivity index (χ1n) is 7.44. The number of methoxy groups -OCH3 is 1. The lowest BCUT2D eigenvalue weighted by atomic mass is 10.1. The molecular weight excluding hydrogens is 336 g/mol. The lowest BCUT2D eigenvalue weighted by molar-refractivity contribution is -0.384. The highest BCUT2D eigenvalue weighted by molar-refractivity contribution is 6.68. The summed E-state index contributed by atoms with van der Waals surface area (Å²) in [4.78, 5) is 19.0. The summed E-state index contributed by atoms with van der Waals surface area (Å²) in [6.07, 6.45) is 3.36. The van der Waals surface area contributed by atoms with Gasteiger partial charge in [0.1, 0.15) is 23.3 Å². The minimum absolute atomic E-state index is 0.0294. The highest BCUT2D eigenvalue weighted by atomic mass is 35.5. The fourth-order valence-electron chi connectivity index (χ4n) is 2.69. The molecule has 0 bridgehead atoms. The molecule has 1 aromatic rings. The topological polar surface area (TPSA) is 80.4 Å². The van der Waals surface area contributed by atoms with E-state index in [0.29, 0.717) is 48.6 Å². The third-order valence-electron chi connectivity index (χ3n) is 3.90. The number of nitrogens with zero attached hydrogens (tertiary/aromatic N) is 4. The summed E-state index contributed by atoms with van der Waals surface area (Å²) in [6.45, 7) is 2.58. The van der Waals surface area contributed by atoms with Crippen LogP contribution in [0, 0.1) is 10.1 Å². The molecule has 0 amide bonds. The van der Waals surface area contributed by atoms with E-state index in [1.807, 2.05) is 4.90 Å². The van der Waals surface area contributed by atoms with Crippen molar-refractivity contribution in [2.45, 2.75) is 0 Å². The van der Waals surface area contributed by atoms with Crippen molar-refractivity contribution in [3.05, 3.63) is 34.5 Å². The van der Waals surface area contributed by atoms with E-state index >= 15 is 0 Å². The Kier molecular flexibility index (Phi) is 4.86. The van der Waals surface area contributed by atoms with Gasteiger partial charge in [0.05, 0.1) is 30.9 Å². The summed E-state index contributed by atoms with van der Waals surface area (Å²) < 4.78 is 10.8. The van der Waals surface area contributed by atoms with Crippen molar-refractivity contribution in [3.8, 4) is 5.75 Å². The Balaban J connectivity index is 2.02. The van der Waals surface area contributed by atoms with Crippen LogP contribution in [0.25, 0.3) is 0 Å². The zero-order chi connectivity index (χ0) is 17.1. The fraction of sp³-hybridized carbons (Fsp3) is 0.400. The first-order valence-corrected chi connectivity index (χ1v) is 7.82. The number of aliphatic imine (C=N–C) groups is 1. The Bertz CT molecular complexity index is 701. The number of hydrogen-bond donors (Lipinski definition) is 0. The van der Waals surface area contributed by atoms with Crippen LogP contribution in [-0.2, 0) is 4.74 Å². The third-order valence-corrected chi connectivity index (χ3v) is 4.15. The van der Waals surface area contributed by atoms with E-state index in [0.717, 1.165) is 0 Å². The number of benzene rings is 1. The summed E-state index contributed by atoms with van der Waals surface area (Å²) in [6, 6.07) is 3.22. The van der Waals surface area contributed by atoms with Crippen molar-refractivity contribution >= 4 is 33.8 Å². The molecule has 2 heterocycles. The number of nitro groups is 1. The summed E-state index contributed by atoms with van der Waals surface area (Å²) in [5.41, 5.74) is 1.14. The molecule has 1 saturated heterocycles. The SMILES string of the molecule is COc1cc(N2CCOCC2)c([N+](=O)[O-])cc1N1C=CC(Cl)=NC1. The van der Waals surface area contributed by atoms with Crippen molar-refractivity contribution in [3.63, 3.8) is 0 Å². The maximum Gasteiger partial charge on any atom is 0.294 e. The van der Waals surface area contributed by atoms with Gasteiger partial charge >= 0.3 is 0 Å². The zero-order valence-electron chi connectivity index (χ0n) is 13.1. The molecule has 8 nitrogen and oxygen atoms in total. The van der Waals surface area contributed by atoms with Crippen molar-refractivity contribution in [1.82, 2.24) is 0 Å². The molecule has 0 aliphatic carbocycles. The molecule has 1 fully saturated rings. The highest BCUT2D eigenvalue weighted by Gasteiger charge is 2.26. The minimum Gasteiger partial charge on any atom is -0.494 e. The zero-order valence-corrected chi connectivity index (χ0v) is 13.9. The molecule has 3 rings (SSSR count). The number of halogens is 1. The van der Waals surface area contributed by atoms with Gasteiger partial charge in [-0.3, -0.25) is 15.1 Å². The van der Waals surface area contributed by atoms with E-state index in [-0.39, 0.29) is 17.3 Å². The smallest absolute Gasteiger partial charge is 0.294 e. The van der Waals surface area contributed by atoms with Crippen LogP contribution in [0.1, 0.15) is 0 Å². The Morgan fingerprint density at radius 3 is 2.67 bits per heavy atom. The lowest BCUT2D eigenvalue weighted by Crippen LogP contribution is -2.36. The first kappa shape index (κ1) is 16.5. The molecule has 0 atom stereocenters. The second-order valence-corrected chi connectivity index (χ2v) is 5.66. The summed E-state index contributed by atoms with van der Waals surface area (Å²) in [7, 11) is 1.54. The van der Waals surface area contributed by atoms with Gasteiger partial charge in [-0.2, -0.15) is 0 Å². The maximum absolute atomic E-state index is 11.6. The van der Waals surface area contributed by atoms with Gasteiger partial charge in [-0.05, 0) is 6.08 Å². The minimum atomic E-state index is -0.377. The molecule has 2 aliphatic rings. The maximum atomic E-state index is 11.6. The third kappa shape index (κ3) is 3.29. The van der Waals surface area contributed by atoms with Crippen LogP contribution in [0.5, 0.6) is 5.75 Å². The highest BCUT2D eigenvalue weighted by Crippen LogP contribution is 2.40. The predicted molar refractivity (Wildman–Crippen MR) is 92.5 cm³/mol.